The summed E-state index contributed by atoms with van der Waals surface area (Å²) in [7, 11) is 0. The molecule has 2 amide bonds. The van der Waals surface area contributed by atoms with Crippen LogP contribution in [0.3, 0.4) is 0 Å². The van der Waals surface area contributed by atoms with Crippen molar-refractivity contribution in [2.75, 3.05) is 19.6 Å². The van der Waals surface area contributed by atoms with E-state index in [0.29, 0.717) is 42.9 Å². The van der Waals surface area contributed by atoms with Gasteiger partial charge < -0.3 is 19.9 Å². The number of esters is 1. The summed E-state index contributed by atoms with van der Waals surface area (Å²) >= 11 is 0. The van der Waals surface area contributed by atoms with Gasteiger partial charge >= 0.3 is 5.97 Å². The third-order valence-corrected chi connectivity index (χ3v) is 6.76. The summed E-state index contributed by atoms with van der Waals surface area (Å²) in [6, 6.07) is 22.3. The highest BCUT2D eigenvalue weighted by Crippen LogP contribution is 2.21. The predicted molar refractivity (Wildman–Crippen MR) is 163 cm³/mol. The lowest BCUT2D eigenvalue weighted by Crippen LogP contribution is -2.34. The van der Waals surface area contributed by atoms with E-state index in [0.717, 1.165) is 23.2 Å². The summed E-state index contributed by atoms with van der Waals surface area (Å²) in [4.78, 5) is 43.9. The molecule has 1 N–H and O–H groups in total. The van der Waals surface area contributed by atoms with Gasteiger partial charge in [0.15, 0.2) is 0 Å². The van der Waals surface area contributed by atoms with E-state index in [1.54, 1.807) is 28.0 Å². The van der Waals surface area contributed by atoms with Gasteiger partial charge in [-0.1, -0.05) is 61.5 Å². The zero-order valence-corrected chi connectivity index (χ0v) is 25.2. The highest BCUT2D eigenvalue weighted by Gasteiger charge is 2.25. The Morgan fingerprint density at radius 1 is 0.659 bits per heavy atom. The molecule has 0 spiro atoms. The zero-order chi connectivity index (χ0) is 30.0. The van der Waals surface area contributed by atoms with Gasteiger partial charge in [-0.05, 0) is 76.1 Å². The van der Waals surface area contributed by atoms with Crippen molar-refractivity contribution in [3.63, 3.8) is 0 Å². The van der Waals surface area contributed by atoms with Gasteiger partial charge in [-0.2, -0.15) is 0 Å². The van der Waals surface area contributed by atoms with E-state index in [9.17, 15) is 14.4 Å². The van der Waals surface area contributed by atoms with Crippen molar-refractivity contribution in [3.05, 3.63) is 106 Å². The molecule has 41 heavy (non-hydrogen) atoms. The molecule has 0 atom stereocenters. The topological polar surface area (TPSA) is 79.0 Å². The van der Waals surface area contributed by atoms with Crippen LogP contribution in [0, 0.1) is 0 Å². The molecule has 0 heterocycles. The molecule has 0 aliphatic heterocycles. The van der Waals surface area contributed by atoms with Gasteiger partial charge in [0, 0.05) is 43.9 Å². The molecule has 0 fully saturated rings. The van der Waals surface area contributed by atoms with Crippen LogP contribution in [0.4, 0.5) is 0 Å². The summed E-state index contributed by atoms with van der Waals surface area (Å²) < 4.78 is 5.61. The highest BCUT2D eigenvalue weighted by molar-refractivity contribution is 5.98. The van der Waals surface area contributed by atoms with Crippen molar-refractivity contribution in [2.45, 2.75) is 66.8 Å². The molecular weight excluding hydrogens is 514 g/mol. The lowest BCUT2D eigenvalue weighted by atomic mass is 10.0. The Balaban J connectivity index is 1.86. The van der Waals surface area contributed by atoms with Gasteiger partial charge in [0.1, 0.15) is 5.60 Å². The van der Waals surface area contributed by atoms with Gasteiger partial charge in [-0.25, -0.2) is 4.79 Å². The maximum absolute atomic E-state index is 13.9. The number of rotatable bonds is 12. The van der Waals surface area contributed by atoms with Crippen LogP contribution in [0.1, 0.15) is 89.3 Å². The molecule has 0 aliphatic carbocycles. The van der Waals surface area contributed by atoms with Crippen LogP contribution in [0.2, 0.25) is 0 Å². The first-order valence-corrected chi connectivity index (χ1v) is 14.4. The largest absolute Gasteiger partial charge is 0.456 e. The fourth-order valence-corrected chi connectivity index (χ4v) is 4.61. The predicted octanol–water partition coefficient (Wildman–Crippen LogP) is 6.08. The fourth-order valence-electron chi connectivity index (χ4n) is 4.61. The minimum atomic E-state index is -0.626. The van der Waals surface area contributed by atoms with Crippen LogP contribution in [-0.4, -0.2) is 52.8 Å². The summed E-state index contributed by atoms with van der Waals surface area (Å²) in [5.41, 5.74) is 3.46. The Morgan fingerprint density at radius 3 is 1.54 bits per heavy atom. The van der Waals surface area contributed by atoms with E-state index in [1.165, 1.54) is 0 Å². The molecule has 0 unspecified atom stereocenters. The smallest absolute Gasteiger partial charge is 0.338 e. The van der Waals surface area contributed by atoms with Crippen LogP contribution in [0.15, 0.2) is 72.8 Å². The monoisotopic (exact) mass is 557 g/mol. The van der Waals surface area contributed by atoms with E-state index < -0.39 is 11.6 Å². The van der Waals surface area contributed by atoms with Crippen LogP contribution in [0.25, 0.3) is 0 Å². The molecule has 3 aromatic carbocycles. The summed E-state index contributed by atoms with van der Waals surface area (Å²) in [5, 5.41) is 3.30. The maximum Gasteiger partial charge on any atom is 0.338 e. The van der Waals surface area contributed by atoms with Crippen molar-refractivity contribution in [1.29, 1.82) is 0 Å². The fraction of sp³-hybridized carbons (Fsp3) is 0.382. The summed E-state index contributed by atoms with van der Waals surface area (Å²) in [6.45, 7) is 14.3. The van der Waals surface area contributed by atoms with Gasteiger partial charge in [-0.15, -0.1) is 0 Å². The van der Waals surface area contributed by atoms with Gasteiger partial charge in [0.2, 0.25) is 0 Å². The number of carbonyl (C=O) groups is 3. The molecule has 218 valence electrons. The Hall–Kier alpha value is -3.97. The Kier molecular flexibility index (Phi) is 11.2. The average Bonchev–Trinajstić information content (AvgIpc) is 2.96. The number of carbonyl (C=O) groups excluding carboxylic acids is 3. The second-order valence-corrected chi connectivity index (χ2v) is 10.9. The number of amides is 2. The molecule has 3 rings (SSSR count). The Labute approximate surface area is 244 Å². The van der Waals surface area contributed by atoms with E-state index in [-0.39, 0.29) is 18.4 Å². The standard InChI is InChI=1S/C34H43N3O4/c1-7-35-22-25-16-10-13-19-28(25)31(38)36(8-2)23-26-17-11-14-20-29(26)32(39)37(9-3)24-27-18-12-15-21-30(27)33(40)41-34(4,5)6/h10-21,35H,7-9,22-24H2,1-6H3. The quantitative estimate of drug-likeness (QED) is 0.273. The second kappa shape index (κ2) is 14.6. The summed E-state index contributed by atoms with van der Waals surface area (Å²) in [5.74, 6) is -0.636. The normalized spacial score (nSPS) is 11.2. The van der Waals surface area contributed by atoms with Crippen molar-refractivity contribution in [2.24, 2.45) is 0 Å². The minimum Gasteiger partial charge on any atom is -0.456 e. The third kappa shape index (κ3) is 8.51. The average molecular weight is 558 g/mol. The van der Waals surface area contributed by atoms with Crippen LogP contribution < -0.4 is 5.32 Å². The van der Waals surface area contributed by atoms with Crippen LogP contribution in [-0.2, 0) is 24.4 Å². The van der Waals surface area contributed by atoms with E-state index >= 15 is 0 Å². The first-order chi connectivity index (χ1) is 19.6. The van der Waals surface area contributed by atoms with Gasteiger partial charge in [0.05, 0.1) is 5.56 Å². The molecule has 0 radical (unpaired) electrons. The summed E-state index contributed by atoms with van der Waals surface area (Å²) in [6.07, 6.45) is 0. The third-order valence-electron chi connectivity index (χ3n) is 6.76. The lowest BCUT2D eigenvalue weighted by molar-refractivity contribution is 0.00667. The molecule has 7 heteroatoms. The Bertz CT molecular complexity index is 1350. The number of benzene rings is 3. The number of nitrogens with zero attached hydrogens (tertiary/aromatic N) is 2. The minimum absolute atomic E-state index is 0.0677. The number of hydrogen-bond donors (Lipinski definition) is 1. The van der Waals surface area contributed by atoms with Crippen LogP contribution >= 0.6 is 0 Å². The molecule has 0 aromatic heterocycles. The lowest BCUT2D eigenvalue weighted by Gasteiger charge is -2.26. The molecule has 0 bridgehead atoms. The zero-order valence-electron chi connectivity index (χ0n) is 25.2. The second-order valence-electron chi connectivity index (χ2n) is 10.9. The molecular formula is C34H43N3O4. The molecule has 0 saturated heterocycles. The van der Waals surface area contributed by atoms with Crippen LogP contribution in [0.5, 0.6) is 0 Å². The molecule has 0 aliphatic rings. The van der Waals surface area contributed by atoms with Gasteiger partial charge in [0.25, 0.3) is 11.8 Å². The highest BCUT2D eigenvalue weighted by atomic mass is 16.6. The molecule has 3 aromatic rings. The number of nitrogens with one attached hydrogen (secondary N) is 1. The van der Waals surface area contributed by atoms with E-state index in [4.69, 9.17) is 4.74 Å². The number of hydrogen-bond acceptors (Lipinski definition) is 5. The first kappa shape index (κ1) is 31.6. The number of ether oxygens (including phenoxy) is 1. The molecule has 0 saturated carbocycles. The van der Waals surface area contributed by atoms with Gasteiger partial charge in [-0.3, -0.25) is 9.59 Å². The van der Waals surface area contributed by atoms with Crippen molar-refractivity contribution < 1.29 is 19.1 Å². The Morgan fingerprint density at radius 2 is 1.07 bits per heavy atom. The first-order valence-electron chi connectivity index (χ1n) is 14.4. The van der Waals surface area contributed by atoms with E-state index in [1.807, 2.05) is 96.1 Å². The molecule has 7 nitrogen and oxygen atoms in total. The van der Waals surface area contributed by atoms with Crippen molar-refractivity contribution in [1.82, 2.24) is 15.1 Å². The van der Waals surface area contributed by atoms with Crippen molar-refractivity contribution in [3.8, 4) is 0 Å². The SMILES string of the molecule is CCNCc1ccccc1C(=O)N(CC)Cc1ccccc1C(=O)N(CC)Cc1ccccc1C(=O)OC(C)(C)C. The maximum atomic E-state index is 13.9. The van der Waals surface area contributed by atoms with E-state index in [2.05, 4.69) is 5.32 Å². The van der Waals surface area contributed by atoms with Crippen molar-refractivity contribution >= 4 is 17.8 Å².